The number of carbonyl (C=O) groups is 2. The fraction of sp³-hybridized carbons (Fsp3) is 0.397. The van der Waals surface area contributed by atoms with Gasteiger partial charge in [0.05, 0.1) is 0 Å². The summed E-state index contributed by atoms with van der Waals surface area (Å²) in [5.74, 6) is 2.93. The van der Waals surface area contributed by atoms with Crippen molar-refractivity contribution in [2.45, 2.75) is 159 Å². The molecule has 6 aromatic rings. The Hall–Kier alpha value is -5.44. The summed E-state index contributed by atoms with van der Waals surface area (Å²) in [6.07, 6.45) is 19.0. The zero-order valence-electron chi connectivity index (χ0n) is 42.9. The van der Waals surface area contributed by atoms with Crippen molar-refractivity contribution in [1.82, 2.24) is 0 Å². The molecule has 6 aromatic carbocycles. The van der Waals surface area contributed by atoms with Crippen molar-refractivity contribution < 1.29 is 28.5 Å². The summed E-state index contributed by atoms with van der Waals surface area (Å²) in [4.78, 5) is 27.2. The Labute approximate surface area is 435 Å². The van der Waals surface area contributed by atoms with Gasteiger partial charge in [-0.2, -0.15) is 0 Å². The van der Waals surface area contributed by atoms with Gasteiger partial charge in [-0.3, -0.25) is 0 Å². The molecular weight excluding hydrogens is 917 g/mol. The van der Waals surface area contributed by atoms with Gasteiger partial charge in [0.2, 0.25) is 0 Å². The third-order valence-electron chi connectivity index (χ3n) is 12.1. The number of unbranched alkanes of at least 4 members (excludes halogenated alkanes) is 13. The molecule has 0 aliphatic carbocycles. The molecule has 0 aliphatic heterocycles. The van der Waals surface area contributed by atoms with Gasteiger partial charge in [0.25, 0.3) is 0 Å². The van der Waals surface area contributed by atoms with Crippen molar-refractivity contribution in [3.05, 3.63) is 169 Å². The number of hydrogen-bond donors (Lipinski definition) is 0. The van der Waals surface area contributed by atoms with E-state index in [9.17, 15) is 9.59 Å². The summed E-state index contributed by atoms with van der Waals surface area (Å²) in [6.45, 7) is 8.46. The van der Waals surface area contributed by atoms with Crippen LogP contribution in [0.5, 0.6) is 11.5 Å². The van der Waals surface area contributed by atoms with Crippen LogP contribution in [0.15, 0.2) is 168 Å². The van der Waals surface area contributed by atoms with E-state index in [1.54, 1.807) is 13.8 Å². The molecule has 0 bridgehead atoms. The summed E-state index contributed by atoms with van der Waals surface area (Å²) in [7, 11) is 0. The second kappa shape index (κ2) is 34.0. The number of carbonyl (C=O) groups excluding carboxylic acids is 2. The van der Waals surface area contributed by atoms with E-state index in [0.29, 0.717) is 11.5 Å². The average molecular weight is 995 g/mol. The Morgan fingerprint density at radius 3 is 1.00 bits per heavy atom. The first kappa shape index (κ1) is 56.5. The van der Waals surface area contributed by atoms with Crippen molar-refractivity contribution in [2.24, 2.45) is 0 Å². The third kappa shape index (κ3) is 22.7. The standard InChI is InChI=1S/C32H40O3S.C31H38O3S/c1-3-4-5-6-7-8-9-13-24-36-31-22-18-29(19-23-31)28-16-20-30(21-17-28)35-26(2)32(33)34-25-27-14-11-10-12-15-27;1-3-4-5-6-7-8-12-23-35-30-21-17-28(18-22-30)27-15-19-29(20-16-27)34-25(2)31(32)33-24-26-13-10-9-11-14-26/h10-12,14-23,26H,3-9,13,24-25H2,1-2H3;9-11,13-22,25H,3-8,12,23-24H2,1-2H3/t26-;25-/m11/s1. The van der Waals surface area contributed by atoms with Gasteiger partial charge in [-0.25, -0.2) is 9.59 Å². The van der Waals surface area contributed by atoms with Crippen LogP contribution < -0.4 is 9.47 Å². The molecule has 2 atom stereocenters. The fourth-order valence-corrected chi connectivity index (χ4v) is 9.64. The molecule has 0 aromatic heterocycles. The first-order valence-corrected chi connectivity index (χ1v) is 28.2. The van der Waals surface area contributed by atoms with Crippen LogP contribution in [0.25, 0.3) is 22.3 Å². The molecule has 0 heterocycles. The van der Waals surface area contributed by atoms with Crippen LogP contribution in [0, 0.1) is 0 Å². The van der Waals surface area contributed by atoms with E-state index in [0.717, 1.165) is 22.3 Å². The number of rotatable bonds is 31. The molecule has 0 amide bonds. The molecule has 0 spiro atoms. The second-order valence-electron chi connectivity index (χ2n) is 18.1. The SMILES string of the molecule is CCCCCCCCCCSc1ccc(-c2ccc(O[C@H](C)C(=O)OCc3ccccc3)cc2)cc1.CCCCCCCCCSc1ccc(-c2ccc(O[C@H](C)C(=O)OCc3ccccc3)cc2)cc1. The maximum Gasteiger partial charge on any atom is 0.347 e. The first-order valence-electron chi connectivity index (χ1n) is 26.2. The molecule has 0 saturated carbocycles. The quantitative estimate of drug-likeness (QED) is 0.0242. The van der Waals surface area contributed by atoms with Crippen LogP contribution >= 0.6 is 23.5 Å². The smallest absolute Gasteiger partial charge is 0.347 e. The summed E-state index contributed by atoms with van der Waals surface area (Å²) in [6, 6.07) is 52.5. The summed E-state index contributed by atoms with van der Waals surface area (Å²) in [5.41, 5.74) is 6.52. The predicted octanol–water partition coefficient (Wildman–Crippen LogP) is 17.8. The van der Waals surface area contributed by atoms with Gasteiger partial charge >= 0.3 is 11.9 Å². The van der Waals surface area contributed by atoms with Crippen molar-refractivity contribution in [3.63, 3.8) is 0 Å². The van der Waals surface area contributed by atoms with Gasteiger partial charge in [0, 0.05) is 9.79 Å². The Bertz CT molecular complexity index is 2320. The van der Waals surface area contributed by atoms with Crippen LogP contribution in [0.2, 0.25) is 0 Å². The summed E-state index contributed by atoms with van der Waals surface area (Å²) < 4.78 is 22.3. The Kier molecular flexibility index (Phi) is 27.1. The summed E-state index contributed by atoms with van der Waals surface area (Å²) >= 11 is 3.89. The highest BCUT2D eigenvalue weighted by Gasteiger charge is 2.18. The van der Waals surface area contributed by atoms with E-state index in [4.69, 9.17) is 18.9 Å². The molecule has 0 fully saturated rings. The Morgan fingerprint density at radius 2 is 0.676 bits per heavy atom. The molecule has 0 unspecified atom stereocenters. The third-order valence-corrected chi connectivity index (χ3v) is 14.3. The van der Waals surface area contributed by atoms with Gasteiger partial charge in [-0.1, -0.05) is 207 Å². The highest BCUT2D eigenvalue weighted by atomic mass is 32.2. The van der Waals surface area contributed by atoms with Crippen LogP contribution in [0.1, 0.15) is 135 Å². The lowest BCUT2D eigenvalue weighted by Crippen LogP contribution is -2.26. The average Bonchev–Trinajstić information content (AvgIpc) is 3.41. The summed E-state index contributed by atoms with van der Waals surface area (Å²) in [5, 5.41) is 0. The number of esters is 2. The van der Waals surface area contributed by atoms with Gasteiger partial charge in [0.15, 0.2) is 12.2 Å². The molecule has 0 saturated heterocycles. The first-order chi connectivity index (χ1) is 34.8. The Balaban J connectivity index is 0.000000264. The topological polar surface area (TPSA) is 71.1 Å². The van der Waals surface area contributed by atoms with E-state index < -0.39 is 12.2 Å². The van der Waals surface area contributed by atoms with E-state index in [2.05, 4.69) is 62.4 Å². The largest absolute Gasteiger partial charge is 0.479 e. The zero-order valence-corrected chi connectivity index (χ0v) is 44.5. The highest BCUT2D eigenvalue weighted by Crippen LogP contribution is 2.29. The van der Waals surface area contributed by atoms with E-state index >= 15 is 0 Å². The molecular formula is C63H78O6S2. The molecule has 6 nitrogen and oxygen atoms in total. The van der Waals surface area contributed by atoms with Crippen LogP contribution in [-0.2, 0) is 32.3 Å². The van der Waals surface area contributed by atoms with Crippen LogP contribution in [0.3, 0.4) is 0 Å². The fourth-order valence-electron chi connectivity index (χ4n) is 7.81. The van der Waals surface area contributed by atoms with Crippen molar-refractivity contribution >= 4 is 35.5 Å². The minimum atomic E-state index is -0.670. The number of hydrogen-bond acceptors (Lipinski definition) is 8. The molecule has 0 radical (unpaired) electrons. The monoisotopic (exact) mass is 995 g/mol. The minimum absolute atomic E-state index is 0.250. The van der Waals surface area contributed by atoms with Crippen molar-refractivity contribution in [1.29, 1.82) is 0 Å². The highest BCUT2D eigenvalue weighted by molar-refractivity contribution is 7.99. The molecule has 8 heteroatoms. The van der Waals surface area contributed by atoms with Crippen LogP contribution in [-0.4, -0.2) is 35.7 Å². The van der Waals surface area contributed by atoms with E-state index in [1.807, 2.05) is 133 Å². The second-order valence-corrected chi connectivity index (χ2v) is 20.4. The lowest BCUT2D eigenvalue weighted by atomic mass is 10.1. The van der Waals surface area contributed by atoms with Gasteiger partial charge < -0.3 is 18.9 Å². The molecule has 0 aliphatic rings. The lowest BCUT2D eigenvalue weighted by Gasteiger charge is -2.14. The van der Waals surface area contributed by atoms with E-state index in [1.165, 1.54) is 129 Å². The Morgan fingerprint density at radius 1 is 0.380 bits per heavy atom. The molecule has 71 heavy (non-hydrogen) atoms. The maximum atomic E-state index is 12.3. The maximum absolute atomic E-state index is 12.3. The van der Waals surface area contributed by atoms with Gasteiger partial charge in [-0.15, -0.1) is 23.5 Å². The minimum Gasteiger partial charge on any atom is -0.479 e. The van der Waals surface area contributed by atoms with Gasteiger partial charge in [0.1, 0.15) is 24.7 Å². The molecule has 378 valence electrons. The van der Waals surface area contributed by atoms with Crippen molar-refractivity contribution in [3.8, 4) is 33.8 Å². The van der Waals surface area contributed by atoms with Crippen LogP contribution in [0.4, 0.5) is 0 Å². The zero-order chi connectivity index (χ0) is 50.1. The van der Waals surface area contributed by atoms with Gasteiger partial charge in [-0.05, 0) is 120 Å². The number of thioether (sulfide) groups is 2. The predicted molar refractivity (Wildman–Crippen MR) is 298 cm³/mol. The molecule has 6 rings (SSSR count). The van der Waals surface area contributed by atoms with Crippen molar-refractivity contribution in [2.75, 3.05) is 11.5 Å². The molecule has 0 N–H and O–H groups in total. The lowest BCUT2D eigenvalue weighted by molar-refractivity contribution is -0.153. The number of benzene rings is 6. The number of ether oxygens (including phenoxy) is 4. The normalized spacial score (nSPS) is 11.7. The van der Waals surface area contributed by atoms with E-state index in [-0.39, 0.29) is 25.2 Å².